The van der Waals surface area contributed by atoms with E-state index >= 15 is 0 Å². The van der Waals surface area contributed by atoms with Gasteiger partial charge in [0.15, 0.2) is 5.11 Å². The van der Waals surface area contributed by atoms with Gasteiger partial charge in [-0.3, -0.25) is 4.79 Å². The average molecular weight is 254 g/mol. The molecule has 96 valence electrons. The Hall–Kier alpha value is -0.640. The minimum absolute atomic E-state index is 0.0806. The molecule has 1 aliphatic heterocycles. The van der Waals surface area contributed by atoms with Crippen LogP contribution in [0, 0.1) is 11.3 Å². The van der Waals surface area contributed by atoms with E-state index in [-0.39, 0.29) is 5.91 Å². The lowest BCUT2D eigenvalue weighted by atomic mass is 9.76. The first-order valence-electron chi connectivity index (χ1n) is 6.47. The van der Waals surface area contributed by atoms with Gasteiger partial charge in [-0.25, -0.2) is 0 Å². The van der Waals surface area contributed by atoms with Crippen LogP contribution in [-0.2, 0) is 4.79 Å². The van der Waals surface area contributed by atoms with Crippen LogP contribution in [0.5, 0.6) is 0 Å². The lowest BCUT2D eigenvalue weighted by Gasteiger charge is -2.30. The number of rotatable bonds is 0. The molecule has 1 saturated heterocycles. The highest BCUT2D eigenvalue weighted by Gasteiger charge is 2.46. The summed E-state index contributed by atoms with van der Waals surface area (Å²) in [6.07, 6.45) is 5.23. The van der Waals surface area contributed by atoms with Crippen LogP contribution in [0.1, 0.15) is 52.9 Å². The molecule has 2 unspecified atom stereocenters. The summed E-state index contributed by atoms with van der Waals surface area (Å²) in [5, 5.41) is 6.45. The Labute approximate surface area is 109 Å². The van der Waals surface area contributed by atoms with Crippen LogP contribution in [0.25, 0.3) is 0 Å². The van der Waals surface area contributed by atoms with E-state index in [2.05, 4.69) is 31.4 Å². The quantitative estimate of drug-likeness (QED) is 0.652. The van der Waals surface area contributed by atoms with Crippen molar-refractivity contribution in [2.75, 3.05) is 0 Å². The predicted octanol–water partition coefficient (Wildman–Crippen LogP) is 2.36. The van der Waals surface area contributed by atoms with E-state index < -0.39 is 5.54 Å². The largest absolute Gasteiger partial charge is 0.348 e. The molecule has 1 spiro atoms. The molecule has 17 heavy (non-hydrogen) atoms. The van der Waals surface area contributed by atoms with E-state index in [0.29, 0.717) is 16.4 Å². The van der Waals surface area contributed by atoms with Crippen LogP contribution >= 0.6 is 12.2 Å². The molecule has 0 aromatic heterocycles. The third-order valence-electron chi connectivity index (χ3n) is 4.31. The zero-order chi connectivity index (χ0) is 12.7. The molecule has 0 aromatic carbocycles. The van der Waals surface area contributed by atoms with E-state index in [1.54, 1.807) is 0 Å². The van der Waals surface area contributed by atoms with Gasteiger partial charge < -0.3 is 10.6 Å². The van der Waals surface area contributed by atoms with Gasteiger partial charge in [0.2, 0.25) is 0 Å². The molecule has 4 heteroatoms. The van der Waals surface area contributed by atoms with Crippen LogP contribution in [0.15, 0.2) is 0 Å². The van der Waals surface area contributed by atoms with Gasteiger partial charge >= 0.3 is 0 Å². The first-order chi connectivity index (χ1) is 7.83. The Morgan fingerprint density at radius 1 is 1.29 bits per heavy atom. The van der Waals surface area contributed by atoms with Crippen molar-refractivity contribution in [1.82, 2.24) is 10.6 Å². The van der Waals surface area contributed by atoms with Crippen molar-refractivity contribution < 1.29 is 4.79 Å². The normalized spacial score (nSPS) is 34.4. The lowest BCUT2D eigenvalue weighted by molar-refractivity contribution is -0.124. The molecule has 2 N–H and O–H groups in total. The second-order valence-electron chi connectivity index (χ2n) is 6.48. The number of nitrogens with one attached hydrogen (secondary N) is 2. The van der Waals surface area contributed by atoms with Crippen molar-refractivity contribution in [3.63, 3.8) is 0 Å². The van der Waals surface area contributed by atoms with Crippen LogP contribution < -0.4 is 10.6 Å². The number of amides is 1. The van der Waals surface area contributed by atoms with Gasteiger partial charge in [-0.15, -0.1) is 0 Å². The van der Waals surface area contributed by atoms with Gasteiger partial charge in [0, 0.05) is 0 Å². The first kappa shape index (κ1) is 12.8. The minimum atomic E-state index is -0.406. The highest BCUT2D eigenvalue weighted by molar-refractivity contribution is 7.80. The summed E-state index contributed by atoms with van der Waals surface area (Å²) in [6.45, 7) is 6.88. The summed E-state index contributed by atoms with van der Waals surface area (Å²) in [5.74, 6) is 0.780. The molecule has 1 aliphatic carbocycles. The molecule has 2 rings (SSSR count). The van der Waals surface area contributed by atoms with Gasteiger partial charge in [0.05, 0.1) is 0 Å². The van der Waals surface area contributed by atoms with Crippen LogP contribution in [0.2, 0.25) is 0 Å². The van der Waals surface area contributed by atoms with Crippen molar-refractivity contribution in [1.29, 1.82) is 0 Å². The molecule has 1 saturated carbocycles. The zero-order valence-electron chi connectivity index (χ0n) is 10.9. The molecular weight excluding hydrogens is 232 g/mol. The number of carbonyl (C=O) groups is 1. The molecule has 3 nitrogen and oxygen atoms in total. The summed E-state index contributed by atoms with van der Waals surface area (Å²) >= 11 is 5.05. The zero-order valence-corrected chi connectivity index (χ0v) is 11.7. The lowest BCUT2D eigenvalue weighted by Crippen LogP contribution is -2.46. The topological polar surface area (TPSA) is 41.1 Å². The van der Waals surface area contributed by atoms with Gasteiger partial charge in [0.25, 0.3) is 5.91 Å². The molecule has 2 aliphatic rings. The van der Waals surface area contributed by atoms with E-state index in [9.17, 15) is 4.79 Å². The third kappa shape index (κ3) is 2.46. The van der Waals surface area contributed by atoms with Crippen LogP contribution in [-0.4, -0.2) is 16.6 Å². The number of hydrogen-bond donors (Lipinski definition) is 2. The maximum atomic E-state index is 12.0. The average Bonchev–Trinajstić information content (AvgIpc) is 2.37. The van der Waals surface area contributed by atoms with E-state index in [1.165, 1.54) is 6.42 Å². The Kier molecular flexibility index (Phi) is 3.19. The third-order valence-corrected chi connectivity index (χ3v) is 4.52. The first-order valence-corrected chi connectivity index (χ1v) is 6.88. The van der Waals surface area contributed by atoms with Crippen molar-refractivity contribution >= 4 is 23.2 Å². The van der Waals surface area contributed by atoms with Crippen molar-refractivity contribution in [2.45, 2.75) is 58.4 Å². The smallest absolute Gasteiger partial charge is 0.251 e. The summed E-state index contributed by atoms with van der Waals surface area (Å²) in [6, 6.07) is 0. The molecule has 1 heterocycles. The van der Waals surface area contributed by atoms with Crippen molar-refractivity contribution in [3.8, 4) is 0 Å². The van der Waals surface area contributed by atoms with Crippen LogP contribution in [0.4, 0.5) is 0 Å². The van der Waals surface area contributed by atoms with Gasteiger partial charge in [0.1, 0.15) is 5.54 Å². The fraction of sp³-hybridized carbons (Fsp3) is 0.846. The molecule has 0 aromatic rings. The SMILES string of the molecule is CC(C)(C)C1CCCC2(CC1)NC(=S)NC2=O. The maximum Gasteiger partial charge on any atom is 0.251 e. The van der Waals surface area contributed by atoms with Crippen molar-refractivity contribution in [3.05, 3.63) is 0 Å². The maximum absolute atomic E-state index is 12.0. The fourth-order valence-electron chi connectivity index (χ4n) is 3.09. The Balaban J connectivity index is 2.10. The second kappa shape index (κ2) is 4.23. The van der Waals surface area contributed by atoms with E-state index in [0.717, 1.165) is 25.7 Å². The molecule has 1 amide bonds. The van der Waals surface area contributed by atoms with Gasteiger partial charge in [-0.2, -0.15) is 0 Å². The van der Waals surface area contributed by atoms with Crippen LogP contribution in [0.3, 0.4) is 0 Å². The molecular formula is C13H22N2OS. The van der Waals surface area contributed by atoms with Gasteiger partial charge in [-0.05, 0) is 49.2 Å². The van der Waals surface area contributed by atoms with E-state index in [4.69, 9.17) is 12.2 Å². The minimum Gasteiger partial charge on any atom is -0.348 e. The summed E-state index contributed by atoms with van der Waals surface area (Å²) in [7, 11) is 0. The fourth-order valence-corrected chi connectivity index (χ4v) is 3.37. The standard InChI is InChI=1S/C13H22N2OS/c1-12(2,3)9-5-4-7-13(8-6-9)10(16)14-11(17)15-13/h9H,4-8H2,1-3H3,(H2,14,15,16,17). The Morgan fingerprint density at radius 3 is 2.53 bits per heavy atom. The monoisotopic (exact) mass is 254 g/mol. The number of thiocarbonyl (C=S) groups is 1. The Bertz CT molecular complexity index is 348. The number of carbonyl (C=O) groups excluding carboxylic acids is 1. The molecule has 2 fully saturated rings. The number of hydrogen-bond acceptors (Lipinski definition) is 2. The summed E-state index contributed by atoms with van der Waals surface area (Å²) in [4.78, 5) is 12.0. The highest BCUT2D eigenvalue weighted by atomic mass is 32.1. The molecule has 0 radical (unpaired) electrons. The molecule has 0 bridgehead atoms. The summed E-state index contributed by atoms with van der Waals surface area (Å²) < 4.78 is 0. The van der Waals surface area contributed by atoms with E-state index in [1.807, 2.05) is 0 Å². The van der Waals surface area contributed by atoms with Gasteiger partial charge in [-0.1, -0.05) is 27.2 Å². The predicted molar refractivity (Wildman–Crippen MR) is 72.6 cm³/mol. The second-order valence-corrected chi connectivity index (χ2v) is 6.89. The molecule has 2 atom stereocenters. The Morgan fingerprint density at radius 2 is 2.00 bits per heavy atom. The summed E-state index contributed by atoms with van der Waals surface area (Å²) in [5.41, 5.74) is -0.0712. The van der Waals surface area contributed by atoms with Crippen molar-refractivity contribution in [2.24, 2.45) is 11.3 Å². The highest BCUT2D eigenvalue weighted by Crippen LogP contribution is 2.40.